The maximum Gasteiger partial charge on any atom is 0.255 e. The Labute approximate surface area is 147 Å². The Bertz CT molecular complexity index is 738. The number of pyridine rings is 1. The molecule has 4 nitrogen and oxygen atoms in total. The van der Waals surface area contributed by atoms with Crippen LogP contribution in [0.2, 0.25) is 0 Å². The summed E-state index contributed by atoms with van der Waals surface area (Å²) in [6.07, 6.45) is 7.70. The second-order valence-corrected chi connectivity index (χ2v) is 6.72. The van der Waals surface area contributed by atoms with Crippen LogP contribution in [0.3, 0.4) is 0 Å². The molecule has 0 atom stereocenters. The van der Waals surface area contributed by atoms with Crippen molar-refractivity contribution in [2.45, 2.75) is 38.0 Å². The van der Waals surface area contributed by atoms with Gasteiger partial charge in [-0.2, -0.15) is 0 Å². The highest BCUT2D eigenvalue weighted by Crippen LogP contribution is 2.33. The van der Waals surface area contributed by atoms with E-state index in [1.54, 1.807) is 14.1 Å². The Balaban J connectivity index is 1.70. The molecular weight excluding hydrogens is 319 g/mol. The molecule has 2 aromatic rings. The normalized spacial score (nSPS) is 15.0. The molecule has 1 fully saturated rings. The van der Waals surface area contributed by atoms with Gasteiger partial charge in [-0.3, -0.25) is 4.79 Å². The fourth-order valence-electron chi connectivity index (χ4n) is 3.23. The summed E-state index contributed by atoms with van der Waals surface area (Å²) in [6, 6.07) is 8.95. The van der Waals surface area contributed by atoms with Crippen molar-refractivity contribution >= 4 is 5.91 Å². The minimum atomic E-state index is -0.649. The number of benzene rings is 1. The maximum absolute atomic E-state index is 14.2. The summed E-state index contributed by atoms with van der Waals surface area (Å²) in [7, 11) is 3.22. The van der Waals surface area contributed by atoms with Crippen molar-refractivity contribution in [3.8, 4) is 11.6 Å². The van der Waals surface area contributed by atoms with Crippen molar-refractivity contribution in [1.82, 2.24) is 9.88 Å². The first-order valence-electron chi connectivity index (χ1n) is 8.69. The lowest BCUT2D eigenvalue weighted by Crippen LogP contribution is -2.22. The van der Waals surface area contributed by atoms with Crippen molar-refractivity contribution < 1.29 is 13.9 Å². The molecule has 0 N–H and O–H groups in total. The molecule has 1 amide bonds. The Morgan fingerprint density at radius 3 is 2.44 bits per heavy atom. The van der Waals surface area contributed by atoms with Crippen LogP contribution >= 0.6 is 0 Å². The molecule has 1 saturated carbocycles. The van der Waals surface area contributed by atoms with E-state index in [0.29, 0.717) is 11.7 Å². The van der Waals surface area contributed by atoms with E-state index in [-0.39, 0.29) is 17.4 Å². The highest BCUT2D eigenvalue weighted by Gasteiger charge is 2.16. The van der Waals surface area contributed by atoms with Crippen molar-refractivity contribution in [2.75, 3.05) is 14.1 Å². The second-order valence-electron chi connectivity index (χ2n) is 6.72. The summed E-state index contributed by atoms with van der Waals surface area (Å²) in [5, 5.41) is 0. The van der Waals surface area contributed by atoms with Gasteiger partial charge in [-0.05, 0) is 42.5 Å². The first-order valence-corrected chi connectivity index (χ1v) is 8.69. The molecule has 1 aliphatic rings. The van der Waals surface area contributed by atoms with Crippen molar-refractivity contribution in [3.63, 3.8) is 0 Å². The summed E-state index contributed by atoms with van der Waals surface area (Å²) in [4.78, 5) is 17.2. The zero-order valence-corrected chi connectivity index (χ0v) is 14.7. The molecule has 0 aliphatic heterocycles. The molecule has 1 aromatic carbocycles. The molecule has 132 valence electrons. The Morgan fingerprint density at radius 2 is 1.84 bits per heavy atom. The first kappa shape index (κ1) is 17.4. The molecule has 0 spiro atoms. The third-order valence-electron chi connectivity index (χ3n) is 4.63. The third kappa shape index (κ3) is 4.16. The van der Waals surface area contributed by atoms with Crippen molar-refractivity contribution in [1.29, 1.82) is 0 Å². The monoisotopic (exact) mass is 342 g/mol. The number of aromatic nitrogens is 1. The smallest absolute Gasteiger partial charge is 0.255 e. The fourth-order valence-corrected chi connectivity index (χ4v) is 3.23. The van der Waals surface area contributed by atoms with E-state index in [2.05, 4.69) is 4.98 Å². The lowest BCUT2D eigenvalue weighted by atomic mass is 9.84. The first-order chi connectivity index (χ1) is 12.0. The number of amides is 1. The van der Waals surface area contributed by atoms with E-state index in [1.807, 2.05) is 24.3 Å². The van der Waals surface area contributed by atoms with Crippen LogP contribution in [-0.2, 0) is 0 Å². The van der Waals surface area contributed by atoms with Gasteiger partial charge >= 0.3 is 0 Å². The number of rotatable bonds is 4. The third-order valence-corrected chi connectivity index (χ3v) is 4.63. The quantitative estimate of drug-likeness (QED) is 0.804. The predicted octanol–water partition coefficient (Wildman–Crippen LogP) is 4.76. The summed E-state index contributed by atoms with van der Waals surface area (Å²) in [6.45, 7) is 0. The van der Waals surface area contributed by atoms with Gasteiger partial charge in [0.1, 0.15) is 5.75 Å². The maximum atomic E-state index is 14.2. The van der Waals surface area contributed by atoms with Gasteiger partial charge in [0, 0.05) is 20.3 Å². The summed E-state index contributed by atoms with van der Waals surface area (Å²) >= 11 is 0. The van der Waals surface area contributed by atoms with Crippen LogP contribution in [0, 0.1) is 5.82 Å². The van der Waals surface area contributed by atoms with Crippen LogP contribution in [0.15, 0.2) is 36.5 Å². The molecule has 1 aromatic heterocycles. The SMILES string of the molecule is CN(C)C(=O)c1cnc(Oc2ccc(C3CCCCC3)cc2)c(F)c1. The Hall–Kier alpha value is -2.43. The molecule has 25 heavy (non-hydrogen) atoms. The molecular formula is C20H23FN2O2. The van der Waals surface area contributed by atoms with Crippen molar-refractivity contribution in [2.24, 2.45) is 0 Å². The standard InChI is InChI=1S/C20H23FN2O2/c1-23(2)20(24)16-12-18(21)19(22-13-16)25-17-10-8-15(9-11-17)14-6-4-3-5-7-14/h8-14H,3-7H2,1-2H3. The molecule has 0 radical (unpaired) electrons. The Kier molecular flexibility index (Phi) is 5.31. The molecule has 3 rings (SSSR count). The van der Waals surface area contributed by atoms with E-state index in [9.17, 15) is 9.18 Å². The number of hydrogen-bond donors (Lipinski definition) is 0. The van der Waals surface area contributed by atoms with Gasteiger partial charge in [0.15, 0.2) is 5.82 Å². The molecule has 1 aliphatic carbocycles. The number of halogens is 1. The minimum absolute atomic E-state index is 0.124. The lowest BCUT2D eigenvalue weighted by Gasteiger charge is -2.22. The topological polar surface area (TPSA) is 42.4 Å². The van der Waals surface area contributed by atoms with E-state index in [4.69, 9.17) is 4.74 Å². The summed E-state index contributed by atoms with van der Waals surface area (Å²) in [5.41, 5.74) is 1.51. The molecule has 0 bridgehead atoms. The van der Waals surface area contributed by atoms with Crippen LogP contribution in [0.5, 0.6) is 11.6 Å². The summed E-state index contributed by atoms with van der Waals surface area (Å²) in [5.74, 6) is 0.0891. The minimum Gasteiger partial charge on any atom is -0.436 e. The number of hydrogen-bond acceptors (Lipinski definition) is 3. The number of ether oxygens (including phenoxy) is 1. The second kappa shape index (κ2) is 7.64. The van der Waals surface area contributed by atoms with Crippen molar-refractivity contribution in [3.05, 3.63) is 53.5 Å². The molecule has 5 heteroatoms. The lowest BCUT2D eigenvalue weighted by molar-refractivity contribution is 0.0826. The van der Waals surface area contributed by atoms with Gasteiger partial charge in [0.25, 0.3) is 11.8 Å². The fraction of sp³-hybridized carbons (Fsp3) is 0.400. The van der Waals surface area contributed by atoms with Gasteiger partial charge in [-0.25, -0.2) is 9.37 Å². The number of carbonyl (C=O) groups is 1. The molecule has 0 saturated heterocycles. The van der Waals surface area contributed by atoms with Gasteiger partial charge in [-0.1, -0.05) is 31.4 Å². The van der Waals surface area contributed by atoms with Crippen LogP contribution in [-0.4, -0.2) is 29.9 Å². The van der Waals surface area contributed by atoms with E-state index in [1.165, 1.54) is 48.8 Å². The van der Waals surface area contributed by atoms with E-state index in [0.717, 1.165) is 6.07 Å². The van der Waals surface area contributed by atoms with E-state index >= 15 is 0 Å². The number of nitrogens with zero attached hydrogens (tertiary/aromatic N) is 2. The van der Waals surface area contributed by atoms with Crippen LogP contribution in [0.25, 0.3) is 0 Å². The van der Waals surface area contributed by atoms with Gasteiger partial charge in [0.05, 0.1) is 5.56 Å². The number of carbonyl (C=O) groups excluding carboxylic acids is 1. The average Bonchev–Trinajstić information content (AvgIpc) is 2.64. The van der Waals surface area contributed by atoms with Crippen LogP contribution < -0.4 is 4.74 Å². The molecule has 0 unspecified atom stereocenters. The van der Waals surface area contributed by atoms with Gasteiger partial charge in [0.2, 0.25) is 0 Å². The summed E-state index contributed by atoms with van der Waals surface area (Å²) < 4.78 is 19.7. The zero-order chi connectivity index (χ0) is 17.8. The zero-order valence-electron chi connectivity index (χ0n) is 14.7. The van der Waals surface area contributed by atoms with Gasteiger partial charge < -0.3 is 9.64 Å². The average molecular weight is 342 g/mol. The van der Waals surface area contributed by atoms with Crippen LogP contribution in [0.4, 0.5) is 4.39 Å². The predicted molar refractivity (Wildman–Crippen MR) is 94.6 cm³/mol. The largest absolute Gasteiger partial charge is 0.436 e. The Morgan fingerprint density at radius 1 is 1.16 bits per heavy atom. The van der Waals surface area contributed by atoms with E-state index < -0.39 is 5.82 Å². The highest BCUT2D eigenvalue weighted by atomic mass is 19.1. The van der Waals surface area contributed by atoms with Gasteiger partial charge in [-0.15, -0.1) is 0 Å². The van der Waals surface area contributed by atoms with Crippen LogP contribution in [0.1, 0.15) is 53.9 Å². The highest BCUT2D eigenvalue weighted by molar-refractivity contribution is 5.93. The molecule has 1 heterocycles.